The Kier molecular flexibility index (Phi) is 6.36. The lowest BCUT2D eigenvalue weighted by Crippen LogP contribution is -2.45. The highest BCUT2D eigenvalue weighted by Gasteiger charge is 2.30. The van der Waals surface area contributed by atoms with Gasteiger partial charge in [-0.15, -0.1) is 0 Å². The molecule has 2 aromatic carbocycles. The summed E-state index contributed by atoms with van der Waals surface area (Å²) in [5.41, 5.74) is 4.11. The second-order valence-corrected chi connectivity index (χ2v) is 7.78. The number of halogens is 1. The quantitative estimate of drug-likeness (QED) is 0.570. The van der Waals surface area contributed by atoms with Crippen molar-refractivity contribution in [2.45, 2.75) is 26.8 Å². The predicted molar refractivity (Wildman–Crippen MR) is 119 cm³/mol. The summed E-state index contributed by atoms with van der Waals surface area (Å²) in [6.07, 6.45) is 0. The monoisotopic (exact) mass is 459 g/mol. The number of carbonyl (C=O) groups is 1. The summed E-state index contributed by atoms with van der Waals surface area (Å²) in [5, 5.41) is 9.72. The number of hydrogen-bond donors (Lipinski definition) is 3. The van der Waals surface area contributed by atoms with Gasteiger partial charge >= 0.3 is 0 Å². The van der Waals surface area contributed by atoms with Gasteiger partial charge in [0.1, 0.15) is 5.75 Å². The SMILES string of the molecule is CCOc1ccc(C2NC(=S)NC(C)=C2C(=O)Nc2ccc(C)cc2)cc1Br. The van der Waals surface area contributed by atoms with Crippen LogP contribution in [-0.4, -0.2) is 17.6 Å². The third-order valence-corrected chi connectivity index (χ3v) is 5.25. The van der Waals surface area contributed by atoms with Crippen LogP contribution in [0.5, 0.6) is 5.75 Å². The van der Waals surface area contributed by atoms with Crippen LogP contribution in [0, 0.1) is 6.92 Å². The number of anilines is 1. The Morgan fingerprint density at radius 3 is 2.57 bits per heavy atom. The van der Waals surface area contributed by atoms with Gasteiger partial charge in [-0.05, 0) is 78.7 Å². The van der Waals surface area contributed by atoms with Crippen molar-refractivity contribution in [3.05, 3.63) is 69.3 Å². The number of allylic oxidation sites excluding steroid dienone is 1. The molecule has 5 nitrogen and oxygen atoms in total. The molecule has 7 heteroatoms. The minimum absolute atomic E-state index is 0.182. The molecule has 3 rings (SSSR count). The summed E-state index contributed by atoms with van der Waals surface area (Å²) >= 11 is 8.86. The number of ether oxygens (including phenoxy) is 1. The van der Waals surface area contributed by atoms with E-state index in [-0.39, 0.29) is 11.9 Å². The van der Waals surface area contributed by atoms with E-state index >= 15 is 0 Å². The molecule has 28 heavy (non-hydrogen) atoms. The van der Waals surface area contributed by atoms with Crippen molar-refractivity contribution >= 4 is 44.9 Å². The number of nitrogens with one attached hydrogen (secondary N) is 3. The molecule has 1 aliphatic rings. The summed E-state index contributed by atoms with van der Waals surface area (Å²) in [6, 6.07) is 13.1. The van der Waals surface area contributed by atoms with Crippen molar-refractivity contribution in [2.75, 3.05) is 11.9 Å². The van der Waals surface area contributed by atoms with E-state index in [9.17, 15) is 4.79 Å². The molecule has 0 saturated heterocycles. The average Bonchev–Trinajstić information content (AvgIpc) is 2.64. The summed E-state index contributed by atoms with van der Waals surface area (Å²) in [4.78, 5) is 13.1. The van der Waals surface area contributed by atoms with Crippen LogP contribution < -0.4 is 20.7 Å². The van der Waals surface area contributed by atoms with E-state index in [1.165, 1.54) is 0 Å². The maximum Gasteiger partial charge on any atom is 0.255 e. The summed E-state index contributed by atoms with van der Waals surface area (Å²) in [6.45, 7) is 6.38. The van der Waals surface area contributed by atoms with Crippen molar-refractivity contribution in [1.29, 1.82) is 0 Å². The van der Waals surface area contributed by atoms with Crippen LogP contribution in [0.2, 0.25) is 0 Å². The number of amides is 1. The fourth-order valence-electron chi connectivity index (χ4n) is 3.05. The molecule has 0 aliphatic carbocycles. The van der Waals surface area contributed by atoms with E-state index in [0.717, 1.165) is 32.7 Å². The highest BCUT2D eigenvalue weighted by molar-refractivity contribution is 9.10. The number of carbonyl (C=O) groups excluding carboxylic acids is 1. The van der Waals surface area contributed by atoms with Crippen LogP contribution in [-0.2, 0) is 4.79 Å². The van der Waals surface area contributed by atoms with Gasteiger partial charge in [0.25, 0.3) is 5.91 Å². The zero-order valence-corrected chi connectivity index (χ0v) is 18.3. The second kappa shape index (κ2) is 8.75. The van der Waals surface area contributed by atoms with E-state index < -0.39 is 0 Å². The van der Waals surface area contributed by atoms with Crippen LogP contribution in [0.1, 0.15) is 31.0 Å². The Bertz CT molecular complexity index is 941. The number of benzene rings is 2. The molecule has 0 saturated carbocycles. The van der Waals surface area contributed by atoms with E-state index in [0.29, 0.717) is 17.3 Å². The van der Waals surface area contributed by atoms with Crippen LogP contribution >= 0.6 is 28.1 Å². The highest BCUT2D eigenvalue weighted by atomic mass is 79.9. The van der Waals surface area contributed by atoms with Crippen LogP contribution in [0.4, 0.5) is 5.69 Å². The van der Waals surface area contributed by atoms with Gasteiger partial charge in [0, 0.05) is 11.4 Å². The minimum Gasteiger partial charge on any atom is -0.493 e. The minimum atomic E-state index is -0.369. The maximum absolute atomic E-state index is 13.1. The highest BCUT2D eigenvalue weighted by Crippen LogP contribution is 2.33. The molecule has 0 bridgehead atoms. The summed E-state index contributed by atoms with van der Waals surface area (Å²) in [7, 11) is 0. The van der Waals surface area contributed by atoms with E-state index in [2.05, 4.69) is 31.9 Å². The van der Waals surface area contributed by atoms with Gasteiger partial charge in [0.15, 0.2) is 5.11 Å². The van der Waals surface area contributed by atoms with Gasteiger partial charge in [0.05, 0.1) is 22.7 Å². The Morgan fingerprint density at radius 1 is 1.21 bits per heavy atom. The zero-order valence-electron chi connectivity index (χ0n) is 15.9. The molecule has 3 N–H and O–H groups in total. The first-order chi connectivity index (χ1) is 13.4. The van der Waals surface area contributed by atoms with Gasteiger partial charge in [-0.1, -0.05) is 23.8 Å². The van der Waals surface area contributed by atoms with Crippen molar-refractivity contribution in [3.63, 3.8) is 0 Å². The molecule has 1 aliphatic heterocycles. The largest absolute Gasteiger partial charge is 0.493 e. The Hall–Kier alpha value is -2.38. The smallest absolute Gasteiger partial charge is 0.255 e. The molecule has 0 radical (unpaired) electrons. The Labute approximate surface area is 178 Å². The summed E-state index contributed by atoms with van der Waals surface area (Å²) in [5.74, 6) is 0.577. The number of rotatable bonds is 5. The first-order valence-corrected chi connectivity index (χ1v) is 10.2. The lowest BCUT2D eigenvalue weighted by atomic mass is 9.95. The standard InChI is InChI=1S/C21H22BrN3O2S/c1-4-27-17-10-7-14(11-16(17)22)19-18(13(3)23-21(28)25-19)20(26)24-15-8-5-12(2)6-9-15/h5-11,19H,4H2,1-3H3,(H,24,26)(H2,23,25,28). The third kappa shape index (κ3) is 4.54. The topological polar surface area (TPSA) is 62.4 Å². The second-order valence-electron chi connectivity index (χ2n) is 6.51. The average molecular weight is 460 g/mol. The Balaban J connectivity index is 1.93. The van der Waals surface area contributed by atoms with Gasteiger partial charge in [0.2, 0.25) is 0 Å². The number of aryl methyl sites for hydroxylation is 1. The van der Waals surface area contributed by atoms with Crippen LogP contribution in [0.15, 0.2) is 58.2 Å². The van der Waals surface area contributed by atoms with Crippen molar-refractivity contribution < 1.29 is 9.53 Å². The zero-order chi connectivity index (χ0) is 20.3. The van der Waals surface area contributed by atoms with E-state index in [4.69, 9.17) is 17.0 Å². The Morgan fingerprint density at radius 2 is 1.93 bits per heavy atom. The number of hydrogen-bond acceptors (Lipinski definition) is 3. The molecule has 1 unspecified atom stereocenters. The molecule has 146 valence electrons. The maximum atomic E-state index is 13.1. The van der Waals surface area contributed by atoms with E-state index in [1.807, 2.05) is 63.2 Å². The summed E-state index contributed by atoms with van der Waals surface area (Å²) < 4.78 is 6.42. The molecule has 0 aromatic heterocycles. The van der Waals surface area contributed by atoms with Crippen LogP contribution in [0.25, 0.3) is 0 Å². The van der Waals surface area contributed by atoms with Crippen molar-refractivity contribution in [2.24, 2.45) is 0 Å². The van der Waals surface area contributed by atoms with Gasteiger partial charge in [-0.2, -0.15) is 0 Å². The van der Waals surface area contributed by atoms with Gasteiger partial charge in [-0.25, -0.2) is 0 Å². The normalized spacial score (nSPS) is 16.3. The van der Waals surface area contributed by atoms with Gasteiger partial charge in [-0.3, -0.25) is 4.79 Å². The predicted octanol–water partition coefficient (Wildman–Crippen LogP) is 4.59. The molecule has 1 atom stereocenters. The molecular weight excluding hydrogens is 438 g/mol. The van der Waals surface area contributed by atoms with Crippen LogP contribution in [0.3, 0.4) is 0 Å². The molecule has 0 fully saturated rings. The lowest BCUT2D eigenvalue weighted by molar-refractivity contribution is -0.113. The first-order valence-electron chi connectivity index (χ1n) is 8.97. The lowest BCUT2D eigenvalue weighted by Gasteiger charge is -2.30. The van der Waals surface area contributed by atoms with Crippen molar-refractivity contribution in [1.82, 2.24) is 10.6 Å². The third-order valence-electron chi connectivity index (χ3n) is 4.41. The molecule has 1 heterocycles. The van der Waals surface area contributed by atoms with Crippen molar-refractivity contribution in [3.8, 4) is 5.75 Å². The van der Waals surface area contributed by atoms with Gasteiger partial charge < -0.3 is 20.7 Å². The fraction of sp³-hybridized carbons (Fsp3) is 0.238. The fourth-order valence-corrected chi connectivity index (χ4v) is 3.83. The molecule has 1 amide bonds. The van der Waals surface area contributed by atoms with E-state index in [1.54, 1.807) is 0 Å². The molecular formula is C21H22BrN3O2S. The molecule has 0 spiro atoms. The number of thiocarbonyl (C=S) groups is 1. The first kappa shape index (κ1) is 20.4. The molecule has 2 aromatic rings.